The van der Waals surface area contributed by atoms with Crippen LogP contribution in [0.15, 0.2) is 48.5 Å². The Bertz CT molecular complexity index is 561. The lowest BCUT2D eigenvalue weighted by molar-refractivity contribution is -0.115. The molecule has 2 aromatic rings. The van der Waals surface area contributed by atoms with E-state index in [9.17, 15) is 4.79 Å². The molecule has 2 rings (SSSR count). The van der Waals surface area contributed by atoms with Gasteiger partial charge >= 0.3 is 0 Å². The van der Waals surface area contributed by atoms with Crippen molar-refractivity contribution < 1.29 is 4.79 Å². The van der Waals surface area contributed by atoms with Crippen molar-refractivity contribution in [2.75, 3.05) is 5.32 Å². The van der Waals surface area contributed by atoms with Crippen molar-refractivity contribution in [1.29, 1.82) is 0 Å². The van der Waals surface area contributed by atoms with Crippen LogP contribution < -0.4 is 11.1 Å². The highest BCUT2D eigenvalue weighted by atomic mass is 16.1. The molecule has 0 bridgehead atoms. The van der Waals surface area contributed by atoms with Gasteiger partial charge in [0, 0.05) is 12.2 Å². The van der Waals surface area contributed by atoms with E-state index in [4.69, 9.17) is 5.73 Å². The summed E-state index contributed by atoms with van der Waals surface area (Å²) in [6.45, 7) is 2.52. The van der Waals surface area contributed by atoms with Crippen LogP contribution in [0.2, 0.25) is 0 Å². The fraction of sp³-hybridized carbons (Fsp3) is 0.188. The van der Waals surface area contributed by atoms with Gasteiger partial charge in [-0.25, -0.2) is 0 Å². The van der Waals surface area contributed by atoms with Gasteiger partial charge in [-0.15, -0.1) is 0 Å². The second kappa shape index (κ2) is 6.16. The summed E-state index contributed by atoms with van der Waals surface area (Å²) in [5.41, 5.74) is 9.58. The number of benzene rings is 2. The molecule has 0 fully saturated rings. The SMILES string of the molecule is Cc1ccccc1CC(=O)Nc1ccc(CN)cc1. The van der Waals surface area contributed by atoms with Crippen LogP contribution in [0.1, 0.15) is 16.7 Å². The maximum atomic E-state index is 12.0. The molecular formula is C16H18N2O. The van der Waals surface area contributed by atoms with Crippen LogP contribution in [0, 0.1) is 6.92 Å². The Labute approximate surface area is 113 Å². The van der Waals surface area contributed by atoms with Gasteiger partial charge in [0.15, 0.2) is 0 Å². The average Bonchev–Trinajstić information content (AvgIpc) is 2.42. The summed E-state index contributed by atoms with van der Waals surface area (Å²) in [6, 6.07) is 15.5. The summed E-state index contributed by atoms with van der Waals surface area (Å²) in [4.78, 5) is 12.0. The van der Waals surface area contributed by atoms with Crippen molar-refractivity contribution in [2.45, 2.75) is 19.9 Å². The Kier molecular flexibility index (Phi) is 4.31. The smallest absolute Gasteiger partial charge is 0.228 e. The molecule has 98 valence electrons. The van der Waals surface area contributed by atoms with Gasteiger partial charge in [-0.1, -0.05) is 36.4 Å². The van der Waals surface area contributed by atoms with Crippen molar-refractivity contribution in [1.82, 2.24) is 0 Å². The molecule has 0 radical (unpaired) electrons. The number of nitrogens with two attached hydrogens (primary N) is 1. The molecule has 0 aliphatic heterocycles. The van der Waals surface area contributed by atoms with Crippen LogP contribution in [0.25, 0.3) is 0 Å². The van der Waals surface area contributed by atoms with Crippen LogP contribution in [0.3, 0.4) is 0 Å². The van der Waals surface area contributed by atoms with E-state index in [1.807, 2.05) is 55.5 Å². The fourth-order valence-electron chi connectivity index (χ4n) is 1.91. The number of carbonyl (C=O) groups excluding carboxylic acids is 1. The van der Waals surface area contributed by atoms with Gasteiger partial charge in [-0.3, -0.25) is 4.79 Å². The van der Waals surface area contributed by atoms with E-state index < -0.39 is 0 Å². The quantitative estimate of drug-likeness (QED) is 0.881. The molecule has 0 aromatic heterocycles. The number of aryl methyl sites for hydroxylation is 1. The minimum atomic E-state index is -0.00482. The minimum Gasteiger partial charge on any atom is -0.326 e. The Morgan fingerprint density at radius 2 is 1.79 bits per heavy atom. The van der Waals surface area contributed by atoms with Crippen LogP contribution in [-0.4, -0.2) is 5.91 Å². The third-order valence-corrected chi connectivity index (χ3v) is 3.09. The second-order valence-corrected chi connectivity index (χ2v) is 4.55. The van der Waals surface area contributed by atoms with E-state index in [1.54, 1.807) is 0 Å². The maximum absolute atomic E-state index is 12.0. The Morgan fingerprint density at radius 3 is 2.42 bits per heavy atom. The molecule has 0 unspecified atom stereocenters. The summed E-state index contributed by atoms with van der Waals surface area (Å²) in [5, 5.41) is 2.89. The number of hydrogen-bond donors (Lipinski definition) is 2. The predicted octanol–water partition coefficient (Wildman–Crippen LogP) is 2.63. The largest absolute Gasteiger partial charge is 0.326 e. The first-order valence-corrected chi connectivity index (χ1v) is 6.32. The molecule has 3 heteroatoms. The van der Waals surface area contributed by atoms with Crippen molar-refractivity contribution in [3.05, 3.63) is 65.2 Å². The number of rotatable bonds is 4. The third-order valence-electron chi connectivity index (χ3n) is 3.09. The zero-order valence-corrected chi connectivity index (χ0v) is 11.0. The zero-order chi connectivity index (χ0) is 13.7. The van der Waals surface area contributed by atoms with Gasteiger partial charge in [-0.05, 0) is 35.7 Å². The zero-order valence-electron chi connectivity index (χ0n) is 11.0. The van der Waals surface area contributed by atoms with Crippen molar-refractivity contribution >= 4 is 11.6 Å². The van der Waals surface area contributed by atoms with Gasteiger partial charge in [0.2, 0.25) is 5.91 Å². The predicted molar refractivity (Wildman–Crippen MR) is 77.8 cm³/mol. The highest BCUT2D eigenvalue weighted by molar-refractivity contribution is 5.92. The monoisotopic (exact) mass is 254 g/mol. The molecule has 0 atom stereocenters. The molecule has 3 N–H and O–H groups in total. The summed E-state index contributed by atoms with van der Waals surface area (Å²) in [5.74, 6) is -0.00482. The van der Waals surface area contributed by atoms with Crippen LogP contribution >= 0.6 is 0 Å². The van der Waals surface area contributed by atoms with Crippen LogP contribution in [0.4, 0.5) is 5.69 Å². The van der Waals surface area contributed by atoms with E-state index in [1.165, 1.54) is 0 Å². The molecular weight excluding hydrogens is 236 g/mol. The van der Waals surface area contributed by atoms with Crippen LogP contribution in [-0.2, 0) is 17.8 Å². The Balaban J connectivity index is 1.99. The molecule has 0 saturated heterocycles. The second-order valence-electron chi connectivity index (χ2n) is 4.55. The first-order chi connectivity index (χ1) is 9.19. The molecule has 0 saturated carbocycles. The molecule has 0 aliphatic rings. The number of hydrogen-bond acceptors (Lipinski definition) is 2. The summed E-state index contributed by atoms with van der Waals surface area (Å²) in [7, 11) is 0. The standard InChI is InChI=1S/C16H18N2O/c1-12-4-2-3-5-14(12)10-16(19)18-15-8-6-13(11-17)7-9-15/h2-9H,10-11,17H2,1H3,(H,18,19). The lowest BCUT2D eigenvalue weighted by Crippen LogP contribution is -2.15. The van der Waals surface area contributed by atoms with Gasteiger partial charge < -0.3 is 11.1 Å². The lowest BCUT2D eigenvalue weighted by atomic mass is 10.1. The van der Waals surface area contributed by atoms with Crippen molar-refractivity contribution in [3.8, 4) is 0 Å². The van der Waals surface area contributed by atoms with Crippen LogP contribution in [0.5, 0.6) is 0 Å². The first-order valence-electron chi connectivity index (χ1n) is 6.32. The van der Waals surface area contributed by atoms with E-state index >= 15 is 0 Å². The molecule has 0 aliphatic carbocycles. The van der Waals surface area contributed by atoms with Gasteiger partial charge in [0.1, 0.15) is 0 Å². The number of anilines is 1. The number of amides is 1. The third kappa shape index (κ3) is 3.66. The van der Waals surface area contributed by atoms with Gasteiger partial charge in [0.05, 0.1) is 6.42 Å². The molecule has 1 amide bonds. The Morgan fingerprint density at radius 1 is 1.11 bits per heavy atom. The highest BCUT2D eigenvalue weighted by Gasteiger charge is 2.05. The van der Waals surface area contributed by atoms with Crippen molar-refractivity contribution in [3.63, 3.8) is 0 Å². The average molecular weight is 254 g/mol. The molecule has 0 spiro atoms. The Hall–Kier alpha value is -2.13. The van der Waals surface area contributed by atoms with E-state index in [0.717, 1.165) is 22.4 Å². The normalized spacial score (nSPS) is 10.2. The van der Waals surface area contributed by atoms with E-state index in [0.29, 0.717) is 13.0 Å². The molecule has 0 heterocycles. The topological polar surface area (TPSA) is 55.1 Å². The lowest BCUT2D eigenvalue weighted by Gasteiger charge is -2.07. The minimum absolute atomic E-state index is 0.00482. The fourth-order valence-corrected chi connectivity index (χ4v) is 1.91. The van der Waals surface area contributed by atoms with Crippen molar-refractivity contribution in [2.24, 2.45) is 5.73 Å². The molecule has 3 nitrogen and oxygen atoms in total. The summed E-state index contributed by atoms with van der Waals surface area (Å²) in [6.07, 6.45) is 0.394. The molecule has 19 heavy (non-hydrogen) atoms. The summed E-state index contributed by atoms with van der Waals surface area (Å²) >= 11 is 0. The van der Waals surface area contributed by atoms with Gasteiger partial charge in [0.25, 0.3) is 0 Å². The van der Waals surface area contributed by atoms with E-state index in [2.05, 4.69) is 5.32 Å². The summed E-state index contributed by atoms with van der Waals surface area (Å²) < 4.78 is 0. The molecule has 2 aromatic carbocycles. The first kappa shape index (κ1) is 13.3. The van der Waals surface area contributed by atoms with E-state index in [-0.39, 0.29) is 5.91 Å². The van der Waals surface area contributed by atoms with Gasteiger partial charge in [-0.2, -0.15) is 0 Å². The number of nitrogens with one attached hydrogen (secondary N) is 1. The number of carbonyl (C=O) groups is 1. The maximum Gasteiger partial charge on any atom is 0.228 e. The highest BCUT2D eigenvalue weighted by Crippen LogP contribution is 2.12.